The molecule has 0 bridgehead atoms. The van der Waals surface area contributed by atoms with Crippen LogP contribution >= 0.6 is 0 Å². The minimum Gasteiger partial charge on any atom is -0.478 e. The number of benzene rings is 1. The van der Waals surface area contributed by atoms with Gasteiger partial charge in [-0.05, 0) is 37.1 Å². The molecule has 0 fully saturated rings. The fourth-order valence-corrected chi connectivity index (χ4v) is 3.54. The summed E-state index contributed by atoms with van der Waals surface area (Å²) < 4.78 is 29.4. The van der Waals surface area contributed by atoms with E-state index in [0.29, 0.717) is 16.7 Å². The van der Waals surface area contributed by atoms with Crippen LogP contribution in [0.15, 0.2) is 34.0 Å². The molecule has 0 amide bonds. The molecule has 0 aliphatic heterocycles. The van der Waals surface area contributed by atoms with E-state index in [1.807, 2.05) is 0 Å². The van der Waals surface area contributed by atoms with Crippen molar-refractivity contribution >= 4 is 15.8 Å². The van der Waals surface area contributed by atoms with Gasteiger partial charge in [0.15, 0.2) is 9.84 Å². The van der Waals surface area contributed by atoms with Crippen molar-refractivity contribution in [1.82, 2.24) is 5.16 Å². The molecule has 1 N–H and O–H groups in total. The lowest BCUT2D eigenvalue weighted by atomic mass is 10.1. The number of aromatic carboxylic acids is 1. The van der Waals surface area contributed by atoms with Crippen LogP contribution in [0, 0.1) is 13.8 Å². The van der Waals surface area contributed by atoms with Gasteiger partial charge in [-0.1, -0.05) is 5.16 Å². The molecule has 1 aromatic carbocycles. The fraction of sp³-hybridized carbons (Fsp3) is 0.231. The van der Waals surface area contributed by atoms with E-state index < -0.39 is 15.8 Å². The van der Waals surface area contributed by atoms with E-state index in [1.54, 1.807) is 13.8 Å². The van der Waals surface area contributed by atoms with Gasteiger partial charge in [0.1, 0.15) is 6.26 Å². The Hall–Kier alpha value is -2.15. The van der Waals surface area contributed by atoms with Gasteiger partial charge in [-0.25, -0.2) is 13.2 Å². The third-order valence-electron chi connectivity index (χ3n) is 3.04. The van der Waals surface area contributed by atoms with E-state index in [4.69, 9.17) is 5.11 Å². The molecule has 0 saturated carbocycles. The molecule has 0 saturated heterocycles. The van der Waals surface area contributed by atoms with E-state index in [1.165, 1.54) is 24.6 Å². The highest BCUT2D eigenvalue weighted by Gasteiger charge is 2.22. The van der Waals surface area contributed by atoms with Crippen molar-refractivity contribution in [2.75, 3.05) is 0 Å². The lowest BCUT2D eigenvalue weighted by molar-refractivity contribution is 0.0696. The summed E-state index contributed by atoms with van der Waals surface area (Å²) in [5, 5.41) is 12.5. The van der Waals surface area contributed by atoms with Crippen LogP contribution in [0.25, 0.3) is 0 Å². The molecule has 106 valence electrons. The number of hydrogen-bond donors (Lipinski definition) is 1. The van der Waals surface area contributed by atoms with Crippen LogP contribution in [0.2, 0.25) is 0 Å². The summed E-state index contributed by atoms with van der Waals surface area (Å²) in [4.78, 5) is 11.1. The molecule has 0 aliphatic rings. The predicted octanol–water partition coefficient (Wildman–Crippen LogP) is 1.96. The highest BCUT2D eigenvalue weighted by atomic mass is 32.2. The van der Waals surface area contributed by atoms with Crippen LogP contribution in [0.5, 0.6) is 0 Å². The number of sulfone groups is 1. The summed E-state index contributed by atoms with van der Waals surface area (Å²) in [5.41, 5.74) is 1.54. The van der Waals surface area contributed by atoms with E-state index in [9.17, 15) is 13.2 Å². The van der Waals surface area contributed by atoms with Crippen LogP contribution in [0.4, 0.5) is 0 Å². The summed E-state index contributed by atoms with van der Waals surface area (Å²) in [5.74, 6) is -1.44. The molecule has 1 aromatic heterocycles. The summed E-state index contributed by atoms with van der Waals surface area (Å²) in [6.45, 7) is 3.33. The van der Waals surface area contributed by atoms with E-state index >= 15 is 0 Å². The number of nitrogens with zero attached hydrogens (tertiary/aromatic N) is 1. The summed E-state index contributed by atoms with van der Waals surface area (Å²) in [7, 11) is -3.66. The average Bonchev–Trinajstić information content (AvgIpc) is 2.83. The summed E-state index contributed by atoms with van der Waals surface area (Å²) in [6, 6.07) is 2.64. The van der Waals surface area contributed by atoms with Crippen LogP contribution in [0.1, 0.15) is 27.0 Å². The monoisotopic (exact) mass is 295 g/mol. The van der Waals surface area contributed by atoms with Gasteiger partial charge in [-0.3, -0.25) is 0 Å². The van der Waals surface area contributed by atoms with Gasteiger partial charge >= 0.3 is 5.97 Å². The predicted molar refractivity (Wildman–Crippen MR) is 70.3 cm³/mol. The van der Waals surface area contributed by atoms with E-state index in [0.717, 1.165) is 0 Å². The Labute approximate surface area is 115 Å². The molecule has 1 heterocycles. The molecule has 2 rings (SSSR count). The number of carbonyl (C=O) groups is 1. The van der Waals surface area contributed by atoms with Crippen molar-refractivity contribution in [2.24, 2.45) is 0 Å². The van der Waals surface area contributed by atoms with Crippen molar-refractivity contribution in [2.45, 2.75) is 24.5 Å². The highest BCUT2D eigenvalue weighted by Crippen LogP contribution is 2.24. The highest BCUT2D eigenvalue weighted by molar-refractivity contribution is 7.90. The SMILES string of the molecule is Cc1cc(C(=O)O)cc(S(=O)(=O)Cc2cnoc2)c1C. The lowest BCUT2D eigenvalue weighted by Crippen LogP contribution is -2.10. The number of aromatic nitrogens is 1. The Morgan fingerprint density at radius 1 is 1.35 bits per heavy atom. The molecule has 2 aromatic rings. The van der Waals surface area contributed by atoms with Crippen molar-refractivity contribution in [1.29, 1.82) is 0 Å². The second kappa shape index (κ2) is 5.09. The minimum absolute atomic E-state index is 0.0242. The first kappa shape index (κ1) is 14.3. The minimum atomic E-state index is -3.66. The largest absolute Gasteiger partial charge is 0.478 e. The zero-order valence-electron chi connectivity index (χ0n) is 11.0. The molecule has 0 radical (unpaired) electrons. The molecular formula is C13H13NO5S. The Morgan fingerprint density at radius 2 is 2.05 bits per heavy atom. The molecule has 0 atom stereocenters. The topological polar surface area (TPSA) is 97.5 Å². The number of carboxylic acids is 1. The third kappa shape index (κ3) is 2.72. The molecule has 7 heteroatoms. The quantitative estimate of drug-likeness (QED) is 0.926. The van der Waals surface area contributed by atoms with Gasteiger partial charge in [-0.2, -0.15) is 0 Å². The molecule has 20 heavy (non-hydrogen) atoms. The van der Waals surface area contributed by atoms with Crippen LogP contribution < -0.4 is 0 Å². The normalized spacial score (nSPS) is 11.5. The Bertz CT molecular complexity index is 747. The van der Waals surface area contributed by atoms with Gasteiger partial charge < -0.3 is 9.63 Å². The second-order valence-corrected chi connectivity index (χ2v) is 6.47. The fourth-order valence-electron chi connectivity index (χ4n) is 1.87. The Balaban J connectivity index is 2.53. The van der Waals surface area contributed by atoms with Crippen molar-refractivity contribution in [3.05, 3.63) is 46.8 Å². The molecule has 0 unspecified atom stereocenters. The molecule has 6 nitrogen and oxygen atoms in total. The zero-order chi connectivity index (χ0) is 14.9. The van der Waals surface area contributed by atoms with Gasteiger partial charge in [0.2, 0.25) is 0 Å². The second-order valence-electron chi connectivity index (χ2n) is 4.51. The smallest absolute Gasteiger partial charge is 0.335 e. The van der Waals surface area contributed by atoms with Gasteiger partial charge in [0, 0.05) is 5.56 Å². The van der Waals surface area contributed by atoms with E-state index in [2.05, 4.69) is 9.68 Å². The molecule has 0 aliphatic carbocycles. The van der Waals surface area contributed by atoms with Gasteiger partial charge in [0.05, 0.1) is 22.4 Å². The van der Waals surface area contributed by atoms with Crippen molar-refractivity contribution in [3.8, 4) is 0 Å². The first-order valence-electron chi connectivity index (χ1n) is 5.77. The number of aryl methyl sites for hydroxylation is 1. The summed E-state index contributed by atoms with van der Waals surface area (Å²) >= 11 is 0. The zero-order valence-corrected chi connectivity index (χ0v) is 11.8. The van der Waals surface area contributed by atoms with E-state index in [-0.39, 0.29) is 16.2 Å². The van der Waals surface area contributed by atoms with Crippen molar-refractivity contribution in [3.63, 3.8) is 0 Å². The number of rotatable bonds is 4. The molecular weight excluding hydrogens is 282 g/mol. The Morgan fingerprint density at radius 3 is 2.60 bits per heavy atom. The van der Waals surface area contributed by atoms with Crippen LogP contribution in [-0.4, -0.2) is 24.7 Å². The van der Waals surface area contributed by atoms with Crippen molar-refractivity contribution < 1.29 is 22.8 Å². The first-order chi connectivity index (χ1) is 9.31. The first-order valence-corrected chi connectivity index (χ1v) is 7.42. The van der Waals surface area contributed by atoms with Crippen LogP contribution in [-0.2, 0) is 15.6 Å². The Kier molecular flexibility index (Phi) is 3.63. The van der Waals surface area contributed by atoms with Gasteiger partial charge in [0.25, 0.3) is 0 Å². The van der Waals surface area contributed by atoms with Crippen LogP contribution in [0.3, 0.4) is 0 Å². The molecule has 0 spiro atoms. The van der Waals surface area contributed by atoms with Gasteiger partial charge in [-0.15, -0.1) is 0 Å². The maximum Gasteiger partial charge on any atom is 0.335 e. The maximum absolute atomic E-state index is 12.4. The third-order valence-corrected chi connectivity index (χ3v) is 4.85. The average molecular weight is 295 g/mol. The number of hydrogen-bond acceptors (Lipinski definition) is 5. The standard InChI is InChI=1S/C13H13NO5S/c1-8-3-11(13(15)16)4-12(9(8)2)20(17,18)7-10-5-14-19-6-10/h3-6H,7H2,1-2H3,(H,15,16). The lowest BCUT2D eigenvalue weighted by Gasteiger charge is -2.10. The maximum atomic E-state index is 12.4. The number of carboxylic acid groups (broad SMARTS) is 1. The summed E-state index contributed by atoms with van der Waals surface area (Å²) in [6.07, 6.45) is 2.57.